The number of aromatic amines is 1. The van der Waals surface area contributed by atoms with Gasteiger partial charge in [0.1, 0.15) is 5.75 Å². The Balaban J connectivity index is 1.80. The number of aromatic hydroxyl groups is 1. The molecule has 0 atom stereocenters. The summed E-state index contributed by atoms with van der Waals surface area (Å²) in [6, 6.07) is 12.9. The van der Waals surface area contributed by atoms with Crippen molar-refractivity contribution in [3.63, 3.8) is 0 Å². The van der Waals surface area contributed by atoms with E-state index in [4.69, 9.17) is 0 Å². The van der Waals surface area contributed by atoms with Gasteiger partial charge in [-0.15, -0.1) is 0 Å². The molecule has 0 aliphatic rings. The van der Waals surface area contributed by atoms with E-state index in [1.807, 2.05) is 0 Å². The third kappa shape index (κ3) is 3.19. The number of hydrogen-bond acceptors (Lipinski definition) is 4. The van der Waals surface area contributed by atoms with Crippen molar-refractivity contribution in [1.82, 2.24) is 9.55 Å². The summed E-state index contributed by atoms with van der Waals surface area (Å²) in [5, 5.41) is 12.4. The molecule has 1 heterocycles. The number of hydrogen-bond donors (Lipinski definition) is 3. The van der Waals surface area contributed by atoms with E-state index in [1.165, 1.54) is 16.7 Å². The maximum Gasteiger partial charge on any atom is 0.328 e. The van der Waals surface area contributed by atoms with Gasteiger partial charge in [0.15, 0.2) is 0 Å². The second kappa shape index (κ2) is 6.41. The molecule has 122 valence electrons. The summed E-state index contributed by atoms with van der Waals surface area (Å²) < 4.78 is 1.36. The molecule has 0 saturated carbocycles. The predicted octanol–water partition coefficient (Wildman–Crippen LogP) is 1.42. The molecule has 0 aliphatic carbocycles. The van der Waals surface area contributed by atoms with Crippen LogP contribution in [-0.2, 0) is 11.3 Å². The Morgan fingerprint density at radius 3 is 2.71 bits per heavy atom. The fraction of sp³-hybridized carbons (Fsp3) is 0.118. The van der Waals surface area contributed by atoms with E-state index in [0.717, 1.165) is 0 Å². The first-order valence-electron chi connectivity index (χ1n) is 7.35. The fourth-order valence-corrected chi connectivity index (χ4v) is 2.48. The minimum atomic E-state index is -0.552. The molecule has 24 heavy (non-hydrogen) atoms. The second-order valence-electron chi connectivity index (χ2n) is 5.28. The number of rotatable bonds is 4. The summed E-state index contributed by atoms with van der Waals surface area (Å²) in [7, 11) is 0. The third-order valence-corrected chi connectivity index (χ3v) is 3.60. The standard InChI is InChI=1S/C17H15N3O4/c21-12-5-3-4-11(10-12)18-15(22)8-9-20-14-7-2-1-6-13(14)16(23)19-17(20)24/h1-7,10,21H,8-9H2,(H,18,22)(H,19,23,24). The van der Waals surface area contributed by atoms with Gasteiger partial charge in [0, 0.05) is 24.7 Å². The number of amides is 1. The zero-order valence-electron chi connectivity index (χ0n) is 12.7. The van der Waals surface area contributed by atoms with Gasteiger partial charge in [-0.25, -0.2) is 4.79 Å². The maximum absolute atomic E-state index is 12.0. The smallest absolute Gasteiger partial charge is 0.328 e. The van der Waals surface area contributed by atoms with Crippen molar-refractivity contribution in [2.24, 2.45) is 0 Å². The van der Waals surface area contributed by atoms with Crippen LogP contribution in [0.15, 0.2) is 58.1 Å². The molecular formula is C17H15N3O4. The Bertz CT molecular complexity index is 1020. The zero-order chi connectivity index (χ0) is 17.1. The molecule has 1 amide bonds. The number of fused-ring (bicyclic) bond motifs is 1. The minimum absolute atomic E-state index is 0.0472. The number of carbonyl (C=O) groups excluding carboxylic acids is 1. The van der Waals surface area contributed by atoms with Crippen LogP contribution in [0, 0.1) is 0 Å². The van der Waals surface area contributed by atoms with Crippen molar-refractivity contribution in [2.75, 3.05) is 5.32 Å². The summed E-state index contributed by atoms with van der Waals surface area (Å²) >= 11 is 0. The molecule has 3 aromatic rings. The van der Waals surface area contributed by atoms with Crippen molar-refractivity contribution in [1.29, 1.82) is 0 Å². The van der Waals surface area contributed by atoms with E-state index in [0.29, 0.717) is 16.6 Å². The van der Waals surface area contributed by atoms with Gasteiger partial charge in [-0.3, -0.25) is 19.1 Å². The SMILES string of the molecule is O=C(CCn1c(=O)[nH]c(=O)c2ccccc21)Nc1cccc(O)c1. The van der Waals surface area contributed by atoms with Gasteiger partial charge in [-0.1, -0.05) is 18.2 Å². The summed E-state index contributed by atoms with van der Waals surface area (Å²) in [5.74, 6) is -0.251. The lowest BCUT2D eigenvalue weighted by molar-refractivity contribution is -0.116. The molecule has 0 fully saturated rings. The number of aryl methyl sites for hydroxylation is 1. The van der Waals surface area contributed by atoms with Gasteiger partial charge in [0.05, 0.1) is 10.9 Å². The molecule has 0 saturated heterocycles. The highest BCUT2D eigenvalue weighted by molar-refractivity contribution is 5.91. The first-order chi connectivity index (χ1) is 11.5. The molecule has 0 unspecified atom stereocenters. The first-order valence-corrected chi connectivity index (χ1v) is 7.35. The average molecular weight is 325 g/mol. The van der Waals surface area contributed by atoms with E-state index in [1.54, 1.807) is 36.4 Å². The summed E-state index contributed by atoms with van der Waals surface area (Å²) in [4.78, 5) is 38.1. The highest BCUT2D eigenvalue weighted by Crippen LogP contribution is 2.15. The number of nitrogens with one attached hydrogen (secondary N) is 2. The maximum atomic E-state index is 12.0. The molecule has 1 aromatic heterocycles. The van der Waals surface area contributed by atoms with Crippen molar-refractivity contribution >= 4 is 22.5 Å². The van der Waals surface area contributed by atoms with Crippen LogP contribution in [0.4, 0.5) is 5.69 Å². The zero-order valence-corrected chi connectivity index (χ0v) is 12.7. The number of benzene rings is 2. The Hall–Kier alpha value is -3.35. The van der Waals surface area contributed by atoms with Crippen molar-refractivity contribution in [3.8, 4) is 5.75 Å². The number of anilines is 1. The topological polar surface area (TPSA) is 104 Å². The predicted molar refractivity (Wildman–Crippen MR) is 90.2 cm³/mol. The Kier molecular flexibility index (Phi) is 4.15. The van der Waals surface area contributed by atoms with E-state index in [-0.39, 0.29) is 24.6 Å². The van der Waals surface area contributed by atoms with Crippen LogP contribution >= 0.6 is 0 Å². The van der Waals surface area contributed by atoms with Gasteiger partial charge >= 0.3 is 5.69 Å². The molecule has 7 heteroatoms. The van der Waals surface area contributed by atoms with Gasteiger partial charge in [-0.2, -0.15) is 0 Å². The van der Waals surface area contributed by atoms with E-state index < -0.39 is 11.2 Å². The van der Waals surface area contributed by atoms with Gasteiger partial charge in [0.2, 0.25) is 5.91 Å². The summed E-state index contributed by atoms with van der Waals surface area (Å²) in [6.07, 6.45) is 0.0472. The minimum Gasteiger partial charge on any atom is -0.508 e. The number of nitrogens with zero attached hydrogens (tertiary/aromatic N) is 1. The van der Waals surface area contributed by atoms with E-state index in [2.05, 4.69) is 10.3 Å². The van der Waals surface area contributed by atoms with Gasteiger partial charge in [0.25, 0.3) is 5.56 Å². The Labute approximate surface area is 136 Å². The molecule has 7 nitrogen and oxygen atoms in total. The Morgan fingerprint density at radius 1 is 1.12 bits per heavy atom. The van der Waals surface area contributed by atoms with Crippen molar-refractivity contribution < 1.29 is 9.90 Å². The largest absolute Gasteiger partial charge is 0.508 e. The quantitative estimate of drug-likeness (QED) is 0.675. The monoisotopic (exact) mass is 325 g/mol. The normalized spacial score (nSPS) is 10.7. The average Bonchev–Trinajstić information content (AvgIpc) is 2.54. The van der Waals surface area contributed by atoms with Crippen LogP contribution in [0.25, 0.3) is 10.9 Å². The third-order valence-electron chi connectivity index (χ3n) is 3.60. The lowest BCUT2D eigenvalue weighted by atomic mass is 10.2. The molecule has 0 radical (unpaired) electrons. The van der Waals surface area contributed by atoms with Crippen LogP contribution in [0.3, 0.4) is 0 Å². The first kappa shape index (κ1) is 15.5. The van der Waals surface area contributed by atoms with Crippen LogP contribution in [0.2, 0.25) is 0 Å². The molecule has 0 bridgehead atoms. The molecule has 0 aliphatic heterocycles. The highest BCUT2D eigenvalue weighted by Gasteiger charge is 2.09. The number of phenols is 1. The summed E-state index contributed by atoms with van der Waals surface area (Å²) in [5.41, 5.74) is -0.0463. The van der Waals surface area contributed by atoms with Crippen LogP contribution in [0.5, 0.6) is 5.75 Å². The molecule has 3 rings (SSSR count). The van der Waals surface area contributed by atoms with Gasteiger partial charge < -0.3 is 10.4 Å². The van der Waals surface area contributed by atoms with E-state index in [9.17, 15) is 19.5 Å². The Morgan fingerprint density at radius 2 is 1.92 bits per heavy atom. The van der Waals surface area contributed by atoms with Crippen LogP contribution in [-0.4, -0.2) is 20.6 Å². The lowest BCUT2D eigenvalue weighted by Gasteiger charge is -2.10. The number of para-hydroxylation sites is 1. The molecular weight excluding hydrogens is 310 g/mol. The van der Waals surface area contributed by atoms with E-state index >= 15 is 0 Å². The van der Waals surface area contributed by atoms with Gasteiger partial charge in [-0.05, 0) is 24.3 Å². The highest BCUT2D eigenvalue weighted by atomic mass is 16.3. The number of H-pyrrole nitrogens is 1. The van der Waals surface area contributed by atoms with Crippen molar-refractivity contribution in [3.05, 3.63) is 69.4 Å². The lowest BCUT2D eigenvalue weighted by Crippen LogP contribution is -2.31. The second-order valence-corrected chi connectivity index (χ2v) is 5.28. The molecule has 2 aromatic carbocycles. The fourth-order valence-electron chi connectivity index (χ4n) is 2.48. The number of aromatic nitrogens is 2. The number of carbonyl (C=O) groups is 1. The summed E-state index contributed by atoms with van der Waals surface area (Å²) in [6.45, 7) is 0.126. The van der Waals surface area contributed by atoms with Crippen molar-refractivity contribution in [2.45, 2.75) is 13.0 Å². The van der Waals surface area contributed by atoms with Crippen LogP contribution < -0.4 is 16.6 Å². The molecule has 0 spiro atoms. The van der Waals surface area contributed by atoms with Crippen LogP contribution in [0.1, 0.15) is 6.42 Å². The molecule has 3 N–H and O–H groups in total. The number of phenolic OH excluding ortho intramolecular Hbond substituents is 1.